The number of ketones is 1. The van der Waals surface area contributed by atoms with E-state index in [1.54, 1.807) is 24.3 Å². The molecule has 2 aromatic carbocycles. The molecule has 1 atom stereocenters. The van der Waals surface area contributed by atoms with Gasteiger partial charge in [0.05, 0.1) is 11.6 Å². The molecule has 1 fully saturated rings. The van der Waals surface area contributed by atoms with Crippen LogP contribution in [0.25, 0.3) is 5.76 Å². The minimum Gasteiger partial charge on any atom is -0.507 e. The summed E-state index contributed by atoms with van der Waals surface area (Å²) in [7, 11) is 3.85. The lowest BCUT2D eigenvalue weighted by molar-refractivity contribution is -0.140. The maximum atomic E-state index is 13.0. The molecule has 7 nitrogen and oxygen atoms in total. The third kappa shape index (κ3) is 4.99. The maximum absolute atomic E-state index is 13.0. The molecule has 1 aliphatic rings. The smallest absolute Gasteiger partial charge is 0.303 e. The number of rotatable bonds is 9. The fourth-order valence-corrected chi connectivity index (χ4v) is 3.90. The molecule has 0 radical (unpaired) electrons. The summed E-state index contributed by atoms with van der Waals surface area (Å²) in [5.74, 6) is -2.41. The predicted octanol–water partition coefficient (Wildman–Crippen LogP) is 3.82. The van der Waals surface area contributed by atoms with Crippen LogP contribution in [0.5, 0.6) is 0 Å². The second kappa shape index (κ2) is 10.1. The molecule has 32 heavy (non-hydrogen) atoms. The van der Waals surface area contributed by atoms with Crippen molar-refractivity contribution in [1.82, 2.24) is 4.90 Å². The SMILES string of the molecule is CN(C)c1ccc([C@@H]2C(=C(O)c3ccccc3)C(=O)C(=O)N2CCCCCC(=O)O)cc1. The van der Waals surface area contributed by atoms with E-state index in [1.165, 1.54) is 4.90 Å². The van der Waals surface area contributed by atoms with Crippen LogP contribution in [0.1, 0.15) is 42.9 Å². The number of aliphatic carboxylic acids is 1. The Bertz CT molecular complexity index is 1010. The third-order valence-corrected chi connectivity index (χ3v) is 5.60. The van der Waals surface area contributed by atoms with Gasteiger partial charge >= 0.3 is 5.97 Å². The molecule has 0 aliphatic carbocycles. The van der Waals surface area contributed by atoms with Crippen LogP contribution in [0.3, 0.4) is 0 Å². The van der Waals surface area contributed by atoms with Crippen LogP contribution < -0.4 is 4.90 Å². The molecular formula is C25H28N2O5. The summed E-state index contributed by atoms with van der Waals surface area (Å²) in [4.78, 5) is 40.1. The number of likely N-dealkylation sites (tertiary alicyclic amines) is 1. The Balaban J connectivity index is 1.97. The van der Waals surface area contributed by atoms with Gasteiger partial charge in [-0.05, 0) is 30.5 Å². The standard InChI is InChI=1S/C25H28N2O5/c1-26(2)19-14-12-17(13-15-19)22-21(23(30)18-9-5-3-6-10-18)24(31)25(32)27(22)16-8-4-7-11-20(28)29/h3,5-6,9-10,12-15,22,30H,4,7-8,11,16H2,1-2H3,(H,28,29)/t22-/m1/s1. The van der Waals surface area contributed by atoms with Crippen molar-refractivity contribution in [2.24, 2.45) is 0 Å². The van der Waals surface area contributed by atoms with Crippen molar-refractivity contribution in [3.05, 3.63) is 71.3 Å². The van der Waals surface area contributed by atoms with E-state index >= 15 is 0 Å². The predicted molar refractivity (Wildman–Crippen MR) is 122 cm³/mol. The Hall–Kier alpha value is -3.61. The Kier molecular flexibility index (Phi) is 7.30. The van der Waals surface area contributed by atoms with Crippen molar-refractivity contribution in [3.63, 3.8) is 0 Å². The number of carboxylic acids is 1. The first-order valence-electron chi connectivity index (χ1n) is 10.6. The number of Topliss-reactive ketones (excluding diaryl/α,β-unsaturated/α-hetero) is 1. The van der Waals surface area contributed by atoms with E-state index in [2.05, 4.69) is 0 Å². The minimum absolute atomic E-state index is 0.0717. The van der Waals surface area contributed by atoms with Gasteiger partial charge in [0.1, 0.15) is 5.76 Å². The molecule has 168 valence electrons. The van der Waals surface area contributed by atoms with Gasteiger partial charge in [-0.25, -0.2) is 0 Å². The van der Waals surface area contributed by atoms with Crippen LogP contribution in [0.15, 0.2) is 60.2 Å². The van der Waals surface area contributed by atoms with Crippen molar-refractivity contribution in [2.75, 3.05) is 25.5 Å². The number of nitrogens with zero attached hydrogens (tertiary/aromatic N) is 2. The molecular weight excluding hydrogens is 408 g/mol. The van der Waals surface area contributed by atoms with Crippen molar-refractivity contribution in [1.29, 1.82) is 0 Å². The lowest BCUT2D eigenvalue weighted by atomic mass is 9.95. The van der Waals surface area contributed by atoms with Crippen LogP contribution in [0.2, 0.25) is 0 Å². The van der Waals surface area contributed by atoms with Crippen LogP contribution in [0, 0.1) is 0 Å². The van der Waals surface area contributed by atoms with Gasteiger partial charge in [0.2, 0.25) is 0 Å². The number of hydrogen-bond donors (Lipinski definition) is 2. The summed E-state index contributed by atoms with van der Waals surface area (Å²) in [6.45, 7) is 0.301. The van der Waals surface area contributed by atoms with Gasteiger partial charge in [-0.3, -0.25) is 14.4 Å². The first-order chi connectivity index (χ1) is 15.3. The first kappa shape index (κ1) is 23.1. The normalized spacial score (nSPS) is 17.6. The Morgan fingerprint density at radius 1 is 0.938 bits per heavy atom. The molecule has 7 heteroatoms. The molecule has 3 rings (SSSR count). The molecule has 1 aliphatic heterocycles. The van der Waals surface area contributed by atoms with Gasteiger partial charge < -0.3 is 20.0 Å². The molecule has 0 unspecified atom stereocenters. The van der Waals surface area contributed by atoms with Crippen molar-refractivity contribution in [3.8, 4) is 0 Å². The van der Waals surface area contributed by atoms with Crippen LogP contribution >= 0.6 is 0 Å². The number of amides is 1. The molecule has 1 amide bonds. The monoisotopic (exact) mass is 436 g/mol. The zero-order valence-electron chi connectivity index (χ0n) is 18.3. The maximum Gasteiger partial charge on any atom is 0.303 e. The van der Waals surface area contributed by atoms with Gasteiger partial charge in [-0.15, -0.1) is 0 Å². The van der Waals surface area contributed by atoms with Gasteiger partial charge in [0.25, 0.3) is 11.7 Å². The fraction of sp³-hybridized carbons (Fsp3) is 0.320. The highest BCUT2D eigenvalue weighted by atomic mass is 16.4. The lowest BCUT2D eigenvalue weighted by Gasteiger charge is -2.26. The molecule has 0 spiro atoms. The number of carbonyl (C=O) groups is 3. The molecule has 0 saturated carbocycles. The van der Waals surface area contributed by atoms with Crippen LogP contribution in [-0.4, -0.2) is 53.4 Å². The van der Waals surface area contributed by atoms with Gasteiger partial charge in [0, 0.05) is 38.3 Å². The zero-order chi connectivity index (χ0) is 23.3. The summed E-state index contributed by atoms with van der Waals surface area (Å²) in [6, 6.07) is 15.6. The number of carboxylic acid groups (broad SMARTS) is 1. The minimum atomic E-state index is -0.853. The van der Waals surface area contributed by atoms with Crippen LogP contribution in [-0.2, 0) is 14.4 Å². The summed E-state index contributed by atoms with van der Waals surface area (Å²) in [6.07, 6.45) is 1.77. The topological polar surface area (TPSA) is 98.2 Å². The van der Waals surface area contributed by atoms with E-state index in [1.807, 2.05) is 49.3 Å². The van der Waals surface area contributed by atoms with E-state index in [9.17, 15) is 19.5 Å². The van der Waals surface area contributed by atoms with Gasteiger partial charge in [-0.2, -0.15) is 0 Å². The highest BCUT2D eigenvalue weighted by Gasteiger charge is 2.45. The van der Waals surface area contributed by atoms with Gasteiger partial charge in [-0.1, -0.05) is 48.9 Å². The summed E-state index contributed by atoms with van der Waals surface area (Å²) in [5.41, 5.74) is 2.26. The molecule has 2 aromatic rings. The van der Waals surface area contributed by atoms with Gasteiger partial charge in [0.15, 0.2) is 0 Å². The number of hydrogen-bond acceptors (Lipinski definition) is 5. The number of unbranched alkanes of at least 4 members (excludes halogenated alkanes) is 2. The van der Waals surface area contributed by atoms with E-state index in [0.29, 0.717) is 31.4 Å². The molecule has 1 saturated heterocycles. The fourth-order valence-electron chi connectivity index (χ4n) is 3.90. The number of benzene rings is 2. The molecule has 0 bridgehead atoms. The third-order valence-electron chi connectivity index (χ3n) is 5.60. The quantitative estimate of drug-likeness (QED) is 0.268. The summed E-state index contributed by atoms with van der Waals surface area (Å²) in [5, 5.41) is 19.8. The lowest BCUT2D eigenvalue weighted by Crippen LogP contribution is -2.30. The molecule has 1 heterocycles. The number of anilines is 1. The molecule has 2 N–H and O–H groups in total. The molecule has 0 aromatic heterocycles. The summed E-state index contributed by atoms with van der Waals surface area (Å²) >= 11 is 0. The average Bonchev–Trinajstić information content (AvgIpc) is 3.03. The van der Waals surface area contributed by atoms with Crippen molar-refractivity contribution >= 4 is 29.1 Å². The Labute approximate surface area is 187 Å². The Morgan fingerprint density at radius 2 is 1.59 bits per heavy atom. The van der Waals surface area contributed by atoms with E-state index in [4.69, 9.17) is 5.11 Å². The number of aliphatic hydroxyl groups excluding tert-OH is 1. The first-order valence-corrected chi connectivity index (χ1v) is 10.6. The second-order valence-corrected chi connectivity index (χ2v) is 8.05. The van der Waals surface area contributed by atoms with Crippen molar-refractivity contribution in [2.45, 2.75) is 31.7 Å². The zero-order valence-corrected chi connectivity index (χ0v) is 18.3. The van der Waals surface area contributed by atoms with E-state index in [-0.39, 0.29) is 17.8 Å². The van der Waals surface area contributed by atoms with E-state index in [0.717, 1.165) is 11.3 Å². The number of carbonyl (C=O) groups excluding carboxylic acids is 2. The van der Waals surface area contributed by atoms with E-state index < -0.39 is 23.7 Å². The van der Waals surface area contributed by atoms with Crippen LogP contribution in [0.4, 0.5) is 5.69 Å². The summed E-state index contributed by atoms with van der Waals surface area (Å²) < 4.78 is 0. The average molecular weight is 437 g/mol. The largest absolute Gasteiger partial charge is 0.507 e. The highest BCUT2D eigenvalue weighted by Crippen LogP contribution is 2.40. The highest BCUT2D eigenvalue weighted by molar-refractivity contribution is 6.46. The Morgan fingerprint density at radius 3 is 2.19 bits per heavy atom. The second-order valence-electron chi connectivity index (χ2n) is 8.05. The van der Waals surface area contributed by atoms with Crippen molar-refractivity contribution < 1.29 is 24.6 Å². The number of aliphatic hydroxyl groups is 1.